The second kappa shape index (κ2) is 34.7. The Bertz CT molecular complexity index is 1810. The minimum absolute atomic E-state index is 0. The van der Waals surface area contributed by atoms with E-state index in [4.69, 9.17) is 24.4 Å². The number of hydrogen-bond donors (Lipinski definition) is 10. The van der Waals surface area contributed by atoms with Crippen LogP contribution in [0.1, 0.15) is 40.8 Å². The summed E-state index contributed by atoms with van der Waals surface area (Å²) in [6.07, 6.45) is 1.03. The lowest BCUT2D eigenvalue weighted by Gasteiger charge is -2.33. The van der Waals surface area contributed by atoms with Crippen LogP contribution < -0.4 is 21.3 Å². The molecule has 2 atom stereocenters. The van der Waals surface area contributed by atoms with Gasteiger partial charge in [-0.3, -0.25) is 58.2 Å². The van der Waals surface area contributed by atoms with E-state index in [1.165, 1.54) is 0 Å². The van der Waals surface area contributed by atoms with E-state index >= 15 is 0 Å². The molecule has 2 aliphatic rings. The molecule has 24 heteroatoms. The first-order chi connectivity index (χ1) is 31.3. The number of hydrogen-bond acceptors (Lipinski definition) is 14. The lowest BCUT2D eigenvalue weighted by Crippen LogP contribution is -2.49. The van der Waals surface area contributed by atoms with Crippen molar-refractivity contribution in [3.63, 3.8) is 0 Å². The van der Waals surface area contributed by atoms with Gasteiger partial charge in [-0.1, -0.05) is 54.0 Å². The Kier molecular flexibility index (Phi) is 32.9. The molecule has 396 valence electrons. The minimum Gasteiger partial charge on any atom is -0.480 e. The predicted octanol–water partition coefficient (Wildman–Crippen LogP) is 1.92. The van der Waals surface area contributed by atoms with Gasteiger partial charge < -0.3 is 51.9 Å². The Balaban J connectivity index is 0. The minimum atomic E-state index is -0.992. The molecule has 2 aromatic rings. The molecule has 0 aromatic heterocycles. The second-order valence-corrected chi connectivity index (χ2v) is 16.7. The lowest BCUT2D eigenvalue weighted by molar-refractivity contribution is -0.140. The fourth-order valence-corrected chi connectivity index (χ4v) is 7.84. The van der Waals surface area contributed by atoms with E-state index in [0.717, 1.165) is 22.5 Å². The van der Waals surface area contributed by atoms with Gasteiger partial charge >= 0.3 is 35.8 Å². The Labute approximate surface area is 423 Å². The number of carboxylic acid groups (broad SMARTS) is 6. The van der Waals surface area contributed by atoms with Crippen LogP contribution >= 0.6 is 24.4 Å². The number of thiocarbonyl (C=S) groups is 2. The summed E-state index contributed by atoms with van der Waals surface area (Å²) in [5, 5.41) is 68.7. The van der Waals surface area contributed by atoms with Crippen LogP contribution in [0.25, 0.3) is 0 Å². The molecular formula is C46H78N10O12S2. The van der Waals surface area contributed by atoms with E-state index in [2.05, 4.69) is 21.3 Å². The summed E-state index contributed by atoms with van der Waals surface area (Å²) in [5.74, 6) is -5.92. The van der Waals surface area contributed by atoms with Gasteiger partial charge in [0.1, 0.15) is 0 Å². The molecule has 2 aromatic carbocycles. The molecule has 0 aliphatic carbocycles. The standard InChI is InChI=1S/2C21H31N5O6S.4CH4/c2*1-22-21(33)23-16-4-2-15(3-5-16)10-17-11-25(13-19(29)30)7-6-24(12-18(27)28)8-9-26(17)14-20(31)32;;;;/h2*2-5,17H,6-14H2,1H3,(H,27,28)(H,29,30)(H,31,32)(H2,22,23,33);4*1H4. The molecule has 0 spiro atoms. The van der Waals surface area contributed by atoms with Crippen molar-refractivity contribution in [2.45, 2.75) is 54.6 Å². The van der Waals surface area contributed by atoms with Gasteiger partial charge in [0.25, 0.3) is 0 Å². The molecule has 2 unspecified atom stereocenters. The summed E-state index contributed by atoms with van der Waals surface area (Å²) in [4.78, 5) is 78.8. The number of rotatable bonds is 18. The first kappa shape index (κ1) is 66.5. The Morgan fingerprint density at radius 3 is 0.971 bits per heavy atom. The fraction of sp³-hybridized carbons (Fsp3) is 0.565. The molecule has 70 heavy (non-hydrogen) atoms. The largest absolute Gasteiger partial charge is 0.480 e. The van der Waals surface area contributed by atoms with E-state index < -0.39 is 35.8 Å². The topological polar surface area (TPSA) is 291 Å². The van der Waals surface area contributed by atoms with Gasteiger partial charge in [-0.15, -0.1) is 0 Å². The van der Waals surface area contributed by atoms with Crippen molar-refractivity contribution in [2.75, 3.05) is 129 Å². The highest BCUT2D eigenvalue weighted by Crippen LogP contribution is 2.18. The SMILES string of the molecule is C.C.C.C.CNC(=S)Nc1ccc(CC2CN(CC(=O)O)CCN(CC(=O)O)CCN2CC(=O)O)cc1.CNC(=S)Nc1ccc(CC2CN(CC(=O)O)CCN(CC(=O)O)CCN2CC(=O)O)cc1. The van der Waals surface area contributed by atoms with Crippen molar-refractivity contribution in [1.82, 2.24) is 40.0 Å². The molecule has 2 saturated heterocycles. The zero-order chi connectivity index (χ0) is 48.8. The van der Waals surface area contributed by atoms with Crippen LogP contribution in [0.4, 0.5) is 11.4 Å². The molecule has 2 aliphatic heterocycles. The molecule has 2 heterocycles. The van der Waals surface area contributed by atoms with E-state index in [1.54, 1.807) is 43.5 Å². The maximum atomic E-state index is 11.6. The van der Waals surface area contributed by atoms with Gasteiger partial charge in [0.2, 0.25) is 0 Å². The molecule has 0 bridgehead atoms. The summed E-state index contributed by atoms with van der Waals surface area (Å²) >= 11 is 10.2. The summed E-state index contributed by atoms with van der Waals surface area (Å²) in [6.45, 7) is 2.49. The zero-order valence-electron chi connectivity index (χ0n) is 37.1. The maximum Gasteiger partial charge on any atom is 0.317 e. The van der Waals surface area contributed by atoms with Gasteiger partial charge in [-0.2, -0.15) is 0 Å². The highest BCUT2D eigenvalue weighted by Gasteiger charge is 2.30. The Hall–Kier alpha value is -5.60. The van der Waals surface area contributed by atoms with Crippen LogP contribution in [-0.4, -0.2) is 237 Å². The summed E-state index contributed by atoms with van der Waals surface area (Å²) in [5.41, 5.74) is 3.56. The maximum absolute atomic E-state index is 11.6. The third-order valence-corrected chi connectivity index (χ3v) is 11.4. The normalized spacial score (nSPS) is 17.5. The van der Waals surface area contributed by atoms with E-state index in [-0.39, 0.29) is 81.1 Å². The molecule has 0 radical (unpaired) electrons. The summed E-state index contributed by atoms with van der Waals surface area (Å²) < 4.78 is 0. The van der Waals surface area contributed by atoms with Gasteiger partial charge in [0.05, 0.1) is 39.3 Å². The number of benzene rings is 2. The third kappa shape index (κ3) is 26.4. The number of aliphatic carboxylic acids is 6. The smallest absolute Gasteiger partial charge is 0.317 e. The molecule has 0 saturated carbocycles. The first-order valence-corrected chi connectivity index (χ1v) is 22.0. The van der Waals surface area contributed by atoms with Crippen molar-refractivity contribution in [2.24, 2.45) is 0 Å². The first-order valence-electron chi connectivity index (χ1n) is 21.2. The molecule has 22 nitrogen and oxygen atoms in total. The van der Waals surface area contributed by atoms with Crippen LogP contribution in [0, 0.1) is 0 Å². The number of anilines is 2. The highest BCUT2D eigenvalue weighted by molar-refractivity contribution is 7.80. The monoisotopic (exact) mass is 1030 g/mol. The van der Waals surface area contributed by atoms with E-state index in [0.29, 0.717) is 88.5 Å². The van der Waals surface area contributed by atoms with Crippen molar-refractivity contribution < 1.29 is 59.4 Å². The fourth-order valence-electron chi connectivity index (χ4n) is 7.60. The number of nitrogens with zero attached hydrogens (tertiary/aromatic N) is 6. The second-order valence-electron chi connectivity index (χ2n) is 15.8. The van der Waals surface area contributed by atoms with Crippen LogP contribution in [0.2, 0.25) is 0 Å². The van der Waals surface area contributed by atoms with E-state index in [9.17, 15) is 59.4 Å². The highest BCUT2D eigenvalue weighted by atomic mass is 32.1. The van der Waals surface area contributed by atoms with Gasteiger partial charge in [-0.05, 0) is 72.7 Å². The quantitative estimate of drug-likeness (QED) is 0.0955. The van der Waals surface area contributed by atoms with Crippen molar-refractivity contribution in [3.05, 3.63) is 59.7 Å². The molecule has 0 amide bonds. The van der Waals surface area contributed by atoms with Crippen molar-refractivity contribution in [3.8, 4) is 0 Å². The lowest BCUT2D eigenvalue weighted by atomic mass is 10.0. The Morgan fingerprint density at radius 1 is 0.443 bits per heavy atom. The Morgan fingerprint density at radius 2 is 0.700 bits per heavy atom. The third-order valence-electron chi connectivity index (χ3n) is 10.8. The summed E-state index contributed by atoms with van der Waals surface area (Å²) in [6, 6.07) is 14.7. The molecule has 2 fully saturated rings. The average Bonchev–Trinajstić information content (AvgIpc) is 3.35. The number of carbonyl (C=O) groups is 6. The number of nitrogens with one attached hydrogen (secondary N) is 4. The molecular weight excluding hydrogens is 949 g/mol. The average molecular weight is 1030 g/mol. The van der Waals surface area contributed by atoms with Crippen LogP contribution in [-0.2, 0) is 41.6 Å². The van der Waals surface area contributed by atoms with Gasteiger partial charge in [0, 0.05) is 103 Å². The van der Waals surface area contributed by atoms with Crippen LogP contribution in [0.3, 0.4) is 0 Å². The van der Waals surface area contributed by atoms with Crippen molar-refractivity contribution in [1.29, 1.82) is 0 Å². The van der Waals surface area contributed by atoms with E-state index in [1.807, 2.05) is 48.5 Å². The van der Waals surface area contributed by atoms with Crippen LogP contribution in [0.15, 0.2) is 48.5 Å². The zero-order valence-corrected chi connectivity index (χ0v) is 38.8. The molecule has 4 rings (SSSR count). The predicted molar refractivity (Wildman–Crippen MR) is 280 cm³/mol. The number of carboxylic acids is 6. The van der Waals surface area contributed by atoms with Crippen molar-refractivity contribution >= 4 is 81.9 Å². The van der Waals surface area contributed by atoms with Gasteiger partial charge in [-0.25, -0.2) is 0 Å². The van der Waals surface area contributed by atoms with Gasteiger partial charge in [0.15, 0.2) is 10.2 Å². The molecule has 10 N–H and O–H groups in total. The van der Waals surface area contributed by atoms with Crippen LogP contribution in [0.5, 0.6) is 0 Å². The summed E-state index contributed by atoms with van der Waals surface area (Å²) in [7, 11) is 3.44.